The summed E-state index contributed by atoms with van der Waals surface area (Å²) in [7, 11) is 0. The van der Waals surface area contributed by atoms with E-state index in [1.165, 1.54) is 12.1 Å². The molecular weight excluding hydrogens is 319 g/mol. The summed E-state index contributed by atoms with van der Waals surface area (Å²) in [5.74, 6) is 0.00203. The van der Waals surface area contributed by atoms with Crippen molar-refractivity contribution in [2.75, 3.05) is 11.9 Å². The van der Waals surface area contributed by atoms with E-state index in [1.54, 1.807) is 24.3 Å². The fourth-order valence-electron chi connectivity index (χ4n) is 2.25. The highest BCUT2D eigenvalue weighted by Crippen LogP contribution is 2.12. The van der Waals surface area contributed by atoms with Gasteiger partial charge in [-0.15, -0.1) is 10.2 Å². The molecule has 3 rings (SSSR count). The molecule has 0 radical (unpaired) electrons. The van der Waals surface area contributed by atoms with Crippen LogP contribution in [0.25, 0.3) is 0 Å². The number of para-hydroxylation sites is 1. The Morgan fingerprint density at radius 1 is 0.920 bits per heavy atom. The maximum absolute atomic E-state index is 12.8. The highest BCUT2D eigenvalue weighted by atomic mass is 19.1. The number of rotatable bonds is 6. The second-order valence-corrected chi connectivity index (χ2v) is 5.43. The van der Waals surface area contributed by atoms with Gasteiger partial charge >= 0.3 is 0 Å². The monoisotopic (exact) mass is 336 g/mol. The van der Waals surface area contributed by atoms with Crippen molar-refractivity contribution >= 4 is 17.4 Å². The zero-order valence-electron chi connectivity index (χ0n) is 13.4. The van der Waals surface area contributed by atoms with E-state index in [2.05, 4.69) is 20.8 Å². The van der Waals surface area contributed by atoms with E-state index in [4.69, 9.17) is 0 Å². The molecule has 0 unspecified atom stereocenters. The zero-order chi connectivity index (χ0) is 17.5. The molecule has 0 aliphatic heterocycles. The molecule has 126 valence electrons. The van der Waals surface area contributed by atoms with Crippen molar-refractivity contribution in [1.82, 2.24) is 15.5 Å². The van der Waals surface area contributed by atoms with Crippen LogP contribution >= 0.6 is 0 Å². The van der Waals surface area contributed by atoms with Crippen molar-refractivity contribution in [3.63, 3.8) is 0 Å². The van der Waals surface area contributed by atoms with Crippen molar-refractivity contribution in [2.24, 2.45) is 0 Å². The maximum Gasteiger partial charge on any atom is 0.271 e. The van der Waals surface area contributed by atoms with Gasteiger partial charge in [-0.1, -0.05) is 30.3 Å². The number of anilines is 2. The first-order valence-electron chi connectivity index (χ1n) is 7.89. The summed E-state index contributed by atoms with van der Waals surface area (Å²) < 4.78 is 12.8. The van der Waals surface area contributed by atoms with Crippen molar-refractivity contribution in [1.29, 1.82) is 0 Å². The van der Waals surface area contributed by atoms with E-state index in [0.717, 1.165) is 11.3 Å². The van der Waals surface area contributed by atoms with E-state index in [0.29, 0.717) is 18.8 Å². The number of hydrogen-bond donors (Lipinski definition) is 2. The van der Waals surface area contributed by atoms with Gasteiger partial charge < -0.3 is 10.6 Å². The lowest BCUT2D eigenvalue weighted by Crippen LogP contribution is -2.26. The molecule has 2 N–H and O–H groups in total. The first kappa shape index (κ1) is 16.6. The topological polar surface area (TPSA) is 66.9 Å². The standard InChI is InChI=1S/C19H17FN4O/c20-15-8-6-14(7-9-15)12-13-21-19(25)17-10-11-18(24-23-17)22-16-4-2-1-3-5-16/h1-11H,12-13H2,(H,21,25)(H,22,24). The van der Waals surface area contributed by atoms with Gasteiger partial charge in [-0.25, -0.2) is 4.39 Å². The number of nitrogens with one attached hydrogen (secondary N) is 2. The van der Waals surface area contributed by atoms with Crippen LogP contribution < -0.4 is 10.6 Å². The van der Waals surface area contributed by atoms with E-state index in [-0.39, 0.29) is 17.4 Å². The van der Waals surface area contributed by atoms with Crippen LogP contribution in [-0.4, -0.2) is 22.6 Å². The van der Waals surface area contributed by atoms with Gasteiger partial charge in [0.2, 0.25) is 0 Å². The molecule has 0 spiro atoms. The van der Waals surface area contributed by atoms with E-state index in [9.17, 15) is 9.18 Å². The Morgan fingerprint density at radius 3 is 2.36 bits per heavy atom. The number of nitrogens with zero attached hydrogens (tertiary/aromatic N) is 2. The predicted molar refractivity (Wildman–Crippen MR) is 94.2 cm³/mol. The summed E-state index contributed by atoms with van der Waals surface area (Å²) in [4.78, 5) is 12.1. The Morgan fingerprint density at radius 2 is 1.68 bits per heavy atom. The molecule has 1 amide bonds. The Kier molecular flexibility index (Phi) is 5.31. The molecule has 1 heterocycles. The maximum atomic E-state index is 12.8. The number of amides is 1. The fourth-order valence-corrected chi connectivity index (χ4v) is 2.25. The molecule has 2 aromatic carbocycles. The minimum Gasteiger partial charge on any atom is -0.350 e. The van der Waals surface area contributed by atoms with E-state index < -0.39 is 0 Å². The van der Waals surface area contributed by atoms with Gasteiger partial charge in [0.15, 0.2) is 11.5 Å². The SMILES string of the molecule is O=C(NCCc1ccc(F)cc1)c1ccc(Nc2ccccc2)nn1. The van der Waals surface area contributed by atoms with Crippen LogP contribution in [0, 0.1) is 5.82 Å². The molecule has 0 bridgehead atoms. The highest BCUT2D eigenvalue weighted by molar-refractivity contribution is 5.92. The molecule has 0 aliphatic rings. The fraction of sp³-hybridized carbons (Fsp3) is 0.105. The molecule has 1 aromatic heterocycles. The number of halogens is 1. The summed E-state index contributed by atoms with van der Waals surface area (Å²) >= 11 is 0. The Balaban J connectivity index is 1.51. The second kappa shape index (κ2) is 8.01. The number of carbonyl (C=O) groups is 1. The van der Waals surface area contributed by atoms with Gasteiger partial charge in [0.1, 0.15) is 5.82 Å². The third kappa shape index (κ3) is 4.84. The van der Waals surface area contributed by atoms with Crippen LogP contribution in [-0.2, 0) is 6.42 Å². The lowest BCUT2D eigenvalue weighted by molar-refractivity contribution is 0.0948. The van der Waals surface area contributed by atoms with Gasteiger partial charge in [0, 0.05) is 12.2 Å². The quantitative estimate of drug-likeness (QED) is 0.724. The number of hydrogen-bond acceptors (Lipinski definition) is 4. The smallest absolute Gasteiger partial charge is 0.271 e. The van der Waals surface area contributed by atoms with Crippen LogP contribution in [0.5, 0.6) is 0 Å². The zero-order valence-corrected chi connectivity index (χ0v) is 13.4. The lowest BCUT2D eigenvalue weighted by atomic mass is 10.1. The molecule has 0 saturated carbocycles. The summed E-state index contributed by atoms with van der Waals surface area (Å²) in [5, 5.41) is 13.8. The first-order valence-corrected chi connectivity index (χ1v) is 7.89. The number of benzene rings is 2. The Hall–Kier alpha value is -3.28. The van der Waals surface area contributed by atoms with Crippen LogP contribution in [0.3, 0.4) is 0 Å². The molecule has 0 aliphatic carbocycles. The minimum absolute atomic E-state index is 0.248. The van der Waals surface area contributed by atoms with Crippen LogP contribution in [0.4, 0.5) is 15.9 Å². The average Bonchev–Trinajstić information content (AvgIpc) is 2.65. The highest BCUT2D eigenvalue weighted by Gasteiger charge is 2.08. The van der Waals surface area contributed by atoms with Crippen molar-refractivity contribution < 1.29 is 9.18 Å². The predicted octanol–water partition coefficient (Wildman–Crippen LogP) is 3.33. The van der Waals surface area contributed by atoms with Gasteiger partial charge in [-0.2, -0.15) is 0 Å². The molecule has 3 aromatic rings. The van der Waals surface area contributed by atoms with Crippen LogP contribution in [0.2, 0.25) is 0 Å². The summed E-state index contributed by atoms with van der Waals surface area (Å²) in [6.07, 6.45) is 0.618. The second-order valence-electron chi connectivity index (χ2n) is 5.43. The third-order valence-electron chi connectivity index (χ3n) is 3.56. The van der Waals surface area contributed by atoms with E-state index >= 15 is 0 Å². The molecule has 0 atom stereocenters. The normalized spacial score (nSPS) is 10.3. The molecule has 0 fully saturated rings. The van der Waals surface area contributed by atoms with Gasteiger partial charge in [0.25, 0.3) is 5.91 Å². The molecule has 6 heteroatoms. The summed E-state index contributed by atoms with van der Waals surface area (Å²) in [6, 6.07) is 19.1. The summed E-state index contributed by atoms with van der Waals surface area (Å²) in [5.41, 5.74) is 2.10. The van der Waals surface area contributed by atoms with Crippen molar-refractivity contribution in [3.8, 4) is 0 Å². The van der Waals surface area contributed by atoms with Crippen LogP contribution in [0.1, 0.15) is 16.1 Å². The van der Waals surface area contributed by atoms with Gasteiger partial charge in [-0.05, 0) is 48.4 Å². The van der Waals surface area contributed by atoms with E-state index in [1.807, 2.05) is 30.3 Å². The minimum atomic E-state index is -0.291. The largest absolute Gasteiger partial charge is 0.350 e. The van der Waals surface area contributed by atoms with Crippen LogP contribution in [0.15, 0.2) is 66.7 Å². The van der Waals surface area contributed by atoms with Gasteiger partial charge in [0.05, 0.1) is 0 Å². The Labute approximate surface area is 144 Å². The Bertz CT molecular complexity index is 820. The molecular formula is C19H17FN4O. The molecule has 0 saturated heterocycles. The van der Waals surface area contributed by atoms with Gasteiger partial charge in [-0.3, -0.25) is 4.79 Å². The average molecular weight is 336 g/mol. The number of carbonyl (C=O) groups excluding carboxylic acids is 1. The molecule has 5 nitrogen and oxygen atoms in total. The van der Waals surface area contributed by atoms with Crippen molar-refractivity contribution in [2.45, 2.75) is 6.42 Å². The lowest BCUT2D eigenvalue weighted by Gasteiger charge is -2.06. The first-order chi connectivity index (χ1) is 12.2. The summed E-state index contributed by atoms with van der Waals surface area (Å²) in [6.45, 7) is 0.441. The molecule has 25 heavy (non-hydrogen) atoms. The number of aromatic nitrogens is 2. The third-order valence-corrected chi connectivity index (χ3v) is 3.56. The van der Waals surface area contributed by atoms with Crippen molar-refractivity contribution in [3.05, 3.63) is 83.8 Å².